The number of fused-ring (bicyclic) bond motifs is 1. The predicted octanol–water partition coefficient (Wildman–Crippen LogP) is 2.89. The minimum atomic E-state index is 0.177. The van der Waals surface area contributed by atoms with Crippen molar-refractivity contribution in [2.75, 3.05) is 25.1 Å². The fourth-order valence-corrected chi connectivity index (χ4v) is 3.67. The van der Waals surface area contributed by atoms with Gasteiger partial charge in [0.05, 0.1) is 36.3 Å². The lowest BCUT2D eigenvalue weighted by molar-refractivity contribution is 0.415. The van der Waals surface area contributed by atoms with Crippen LogP contribution in [0.4, 0.5) is 5.95 Å². The van der Waals surface area contributed by atoms with Crippen LogP contribution in [0.15, 0.2) is 42.5 Å². The summed E-state index contributed by atoms with van der Waals surface area (Å²) < 4.78 is 7.64. The second-order valence-corrected chi connectivity index (χ2v) is 7.01. The molecule has 4 rings (SSSR count). The van der Waals surface area contributed by atoms with Crippen LogP contribution in [0.25, 0.3) is 11.0 Å². The van der Waals surface area contributed by atoms with Crippen LogP contribution < -0.4 is 15.4 Å². The van der Waals surface area contributed by atoms with Crippen molar-refractivity contribution in [2.24, 2.45) is 5.73 Å². The van der Waals surface area contributed by atoms with Gasteiger partial charge in [-0.1, -0.05) is 12.1 Å². The monoisotopic (exact) mass is 361 g/mol. The van der Waals surface area contributed by atoms with Gasteiger partial charge in [-0.15, -0.1) is 0 Å². The number of hydrogen-bond donors (Lipinski definition) is 1. The summed E-state index contributed by atoms with van der Waals surface area (Å²) in [5, 5.41) is 9.03. The average Bonchev–Trinajstić information content (AvgIpc) is 3.06. The molecule has 0 radical (unpaired) electrons. The Morgan fingerprint density at radius 3 is 2.78 bits per heavy atom. The van der Waals surface area contributed by atoms with Crippen molar-refractivity contribution in [3.63, 3.8) is 0 Å². The molecule has 3 aromatic rings. The van der Waals surface area contributed by atoms with Crippen LogP contribution in [-0.2, 0) is 6.54 Å². The highest BCUT2D eigenvalue weighted by molar-refractivity contribution is 5.80. The Morgan fingerprint density at radius 1 is 1.26 bits per heavy atom. The summed E-state index contributed by atoms with van der Waals surface area (Å²) in [6.45, 7) is 2.45. The Hall–Kier alpha value is -3.04. The molecule has 6 nitrogen and oxygen atoms in total. The summed E-state index contributed by atoms with van der Waals surface area (Å²) in [5.74, 6) is 1.75. The van der Waals surface area contributed by atoms with Crippen LogP contribution >= 0.6 is 0 Å². The minimum absolute atomic E-state index is 0.177. The zero-order valence-corrected chi connectivity index (χ0v) is 15.4. The highest BCUT2D eigenvalue weighted by Gasteiger charge is 2.23. The molecule has 0 unspecified atom stereocenters. The fraction of sp³-hybridized carbons (Fsp3) is 0.333. The second-order valence-electron chi connectivity index (χ2n) is 7.01. The number of piperidine rings is 1. The average molecular weight is 361 g/mol. The van der Waals surface area contributed by atoms with E-state index in [-0.39, 0.29) is 6.04 Å². The van der Waals surface area contributed by atoms with Gasteiger partial charge in [0.15, 0.2) is 0 Å². The van der Waals surface area contributed by atoms with E-state index in [9.17, 15) is 0 Å². The normalized spacial score (nSPS) is 17.1. The van der Waals surface area contributed by atoms with Crippen molar-refractivity contribution >= 4 is 17.0 Å². The van der Waals surface area contributed by atoms with Crippen molar-refractivity contribution in [3.8, 4) is 11.8 Å². The Labute approximate surface area is 158 Å². The van der Waals surface area contributed by atoms with E-state index in [2.05, 4.69) is 15.5 Å². The number of benzene rings is 2. The van der Waals surface area contributed by atoms with Crippen molar-refractivity contribution in [1.29, 1.82) is 5.26 Å². The van der Waals surface area contributed by atoms with Crippen molar-refractivity contribution in [3.05, 3.63) is 53.6 Å². The van der Waals surface area contributed by atoms with Gasteiger partial charge < -0.3 is 19.9 Å². The Balaban J connectivity index is 1.78. The van der Waals surface area contributed by atoms with E-state index in [4.69, 9.17) is 20.7 Å². The molecule has 2 heterocycles. The van der Waals surface area contributed by atoms with E-state index in [0.29, 0.717) is 12.1 Å². The maximum absolute atomic E-state index is 9.03. The molecule has 2 N–H and O–H groups in total. The van der Waals surface area contributed by atoms with Crippen LogP contribution in [0.2, 0.25) is 0 Å². The molecule has 1 aliphatic heterocycles. The number of ether oxygens (including phenoxy) is 1. The standard InChI is InChI=1S/C21H23N5O/c1-27-18-8-9-19-20(11-18)26(13-16-6-4-15(12-22)5-7-16)21(24-19)25-10-2-3-17(23)14-25/h4-9,11,17H,2-3,10,13-14,23H2,1H3/t17-/m0/s1. The topological polar surface area (TPSA) is 80.1 Å². The third-order valence-electron chi connectivity index (χ3n) is 5.10. The fourth-order valence-electron chi connectivity index (χ4n) is 3.67. The molecule has 0 saturated carbocycles. The van der Waals surface area contributed by atoms with E-state index in [1.54, 1.807) is 7.11 Å². The molecule has 1 aliphatic rings. The zero-order chi connectivity index (χ0) is 18.8. The lowest BCUT2D eigenvalue weighted by atomic mass is 10.1. The molecule has 2 aromatic carbocycles. The van der Waals surface area contributed by atoms with Crippen LogP contribution in [0.1, 0.15) is 24.0 Å². The summed E-state index contributed by atoms with van der Waals surface area (Å²) in [7, 11) is 1.67. The van der Waals surface area contributed by atoms with Gasteiger partial charge >= 0.3 is 0 Å². The third-order valence-corrected chi connectivity index (χ3v) is 5.10. The Kier molecular flexibility index (Phi) is 4.69. The summed E-state index contributed by atoms with van der Waals surface area (Å²) in [6, 6.07) is 16.0. The first-order valence-electron chi connectivity index (χ1n) is 9.22. The molecule has 0 amide bonds. The number of nitriles is 1. The van der Waals surface area contributed by atoms with Gasteiger partial charge in [0.1, 0.15) is 5.75 Å². The van der Waals surface area contributed by atoms with Crippen LogP contribution in [0.3, 0.4) is 0 Å². The molecule has 0 aliphatic carbocycles. The van der Waals surface area contributed by atoms with Gasteiger partial charge in [0.25, 0.3) is 0 Å². The molecule has 1 aromatic heterocycles. The van der Waals surface area contributed by atoms with Gasteiger partial charge in [-0.25, -0.2) is 4.98 Å². The number of nitrogens with zero attached hydrogens (tertiary/aromatic N) is 4. The molecule has 1 fully saturated rings. The second kappa shape index (κ2) is 7.29. The van der Waals surface area contributed by atoms with Gasteiger partial charge in [0.2, 0.25) is 5.95 Å². The van der Waals surface area contributed by atoms with Crippen LogP contribution in [-0.4, -0.2) is 35.8 Å². The number of rotatable bonds is 4. The Bertz CT molecular complexity index is 986. The maximum Gasteiger partial charge on any atom is 0.206 e. The Morgan fingerprint density at radius 2 is 2.07 bits per heavy atom. The summed E-state index contributed by atoms with van der Waals surface area (Å²) in [5.41, 5.74) is 9.97. The number of anilines is 1. The first-order valence-corrected chi connectivity index (χ1v) is 9.22. The number of imidazole rings is 1. The van der Waals surface area contributed by atoms with E-state index in [1.165, 1.54) is 0 Å². The van der Waals surface area contributed by atoms with Crippen LogP contribution in [0, 0.1) is 11.3 Å². The summed E-state index contributed by atoms with van der Waals surface area (Å²) >= 11 is 0. The molecule has 0 spiro atoms. The van der Waals surface area contributed by atoms with Gasteiger partial charge in [-0.2, -0.15) is 5.26 Å². The highest BCUT2D eigenvalue weighted by Crippen LogP contribution is 2.29. The van der Waals surface area contributed by atoms with E-state index >= 15 is 0 Å². The first-order chi connectivity index (χ1) is 13.2. The summed E-state index contributed by atoms with van der Waals surface area (Å²) in [4.78, 5) is 7.18. The van der Waals surface area contributed by atoms with Gasteiger partial charge in [0, 0.05) is 25.2 Å². The smallest absolute Gasteiger partial charge is 0.206 e. The van der Waals surface area contributed by atoms with Crippen LogP contribution in [0.5, 0.6) is 5.75 Å². The molecular formula is C21H23N5O. The quantitative estimate of drug-likeness (QED) is 0.773. The molecule has 6 heteroatoms. The van der Waals surface area contributed by atoms with Crippen molar-refractivity contribution in [1.82, 2.24) is 9.55 Å². The molecule has 138 valence electrons. The van der Waals surface area contributed by atoms with Crippen molar-refractivity contribution in [2.45, 2.75) is 25.4 Å². The summed E-state index contributed by atoms with van der Waals surface area (Å²) in [6.07, 6.45) is 2.13. The molecule has 1 saturated heterocycles. The maximum atomic E-state index is 9.03. The molecule has 0 bridgehead atoms. The third kappa shape index (κ3) is 3.46. The lowest BCUT2D eigenvalue weighted by Crippen LogP contribution is -2.44. The molecule has 27 heavy (non-hydrogen) atoms. The lowest BCUT2D eigenvalue weighted by Gasteiger charge is -2.32. The largest absolute Gasteiger partial charge is 0.497 e. The number of hydrogen-bond acceptors (Lipinski definition) is 5. The molecular weight excluding hydrogens is 338 g/mol. The number of methoxy groups -OCH3 is 1. The molecule has 1 atom stereocenters. The number of nitrogens with two attached hydrogens (primary N) is 1. The SMILES string of the molecule is COc1ccc2nc(N3CCC[C@H](N)C3)n(Cc3ccc(C#N)cc3)c2c1. The van der Waals surface area contributed by atoms with Gasteiger partial charge in [-0.05, 0) is 42.7 Å². The van der Waals surface area contributed by atoms with Crippen molar-refractivity contribution < 1.29 is 4.74 Å². The first kappa shape index (κ1) is 17.4. The minimum Gasteiger partial charge on any atom is -0.497 e. The highest BCUT2D eigenvalue weighted by atomic mass is 16.5. The number of aromatic nitrogens is 2. The van der Waals surface area contributed by atoms with Gasteiger partial charge in [-0.3, -0.25) is 0 Å². The van der Waals surface area contributed by atoms with E-state index < -0.39 is 0 Å². The zero-order valence-electron chi connectivity index (χ0n) is 15.4. The van der Waals surface area contributed by atoms with E-state index in [1.807, 2.05) is 42.5 Å². The predicted molar refractivity (Wildman–Crippen MR) is 106 cm³/mol. The van der Waals surface area contributed by atoms with E-state index in [0.717, 1.165) is 54.2 Å².